The Hall–Kier alpha value is -1.39. The summed E-state index contributed by atoms with van der Waals surface area (Å²) in [7, 11) is 0. The predicted octanol–water partition coefficient (Wildman–Crippen LogP) is 3.52. The smallest absolute Gasteiger partial charge is 0.238 e. The minimum atomic E-state index is 0.321. The monoisotopic (exact) mass is 302 g/mol. The van der Waals surface area contributed by atoms with Crippen LogP contribution in [0, 0.1) is 12.8 Å². The zero-order chi connectivity index (χ0) is 15.5. The van der Waals surface area contributed by atoms with E-state index >= 15 is 0 Å². The lowest BCUT2D eigenvalue weighted by Gasteiger charge is -2.49. The Bertz CT molecular complexity index is 502. The summed E-state index contributed by atoms with van der Waals surface area (Å²) in [6.45, 7) is 8.73. The predicted molar refractivity (Wildman–Crippen MR) is 86.6 cm³/mol. The van der Waals surface area contributed by atoms with Gasteiger partial charge in [0, 0.05) is 18.3 Å². The molecule has 2 saturated heterocycles. The summed E-state index contributed by atoms with van der Waals surface area (Å²) in [5, 5.41) is 2.19. The van der Waals surface area contributed by atoms with Crippen LogP contribution in [0.1, 0.15) is 38.2 Å². The zero-order valence-corrected chi connectivity index (χ0v) is 13.6. The summed E-state index contributed by atoms with van der Waals surface area (Å²) in [6, 6.07) is 4.83. The van der Waals surface area contributed by atoms with E-state index in [9.17, 15) is 0 Å². The Morgan fingerprint density at radius 1 is 1.36 bits per heavy atom. The molecule has 4 nitrogen and oxygen atoms in total. The minimum absolute atomic E-state index is 0.321. The van der Waals surface area contributed by atoms with Gasteiger partial charge in [0.2, 0.25) is 5.88 Å². The summed E-state index contributed by atoms with van der Waals surface area (Å²) >= 11 is 0. The molecule has 1 aromatic rings. The van der Waals surface area contributed by atoms with Gasteiger partial charge in [0.1, 0.15) is 0 Å². The van der Waals surface area contributed by atoms with E-state index in [2.05, 4.69) is 23.5 Å². The van der Waals surface area contributed by atoms with Crippen molar-refractivity contribution in [2.24, 2.45) is 5.92 Å². The number of piperidine rings is 2. The molecule has 0 amide bonds. The maximum absolute atomic E-state index is 6.15. The van der Waals surface area contributed by atoms with Crippen LogP contribution in [-0.2, 0) is 4.74 Å². The fraction of sp³-hybridized carbons (Fsp3) is 0.611. The lowest BCUT2D eigenvalue weighted by Crippen LogP contribution is -2.58. The first-order chi connectivity index (χ1) is 10.7. The minimum Gasteiger partial charge on any atom is -0.385 e. The van der Waals surface area contributed by atoms with Crippen LogP contribution in [0.25, 0.3) is 0 Å². The number of aryl methyl sites for hydroxylation is 1. The molecule has 0 radical (unpaired) electrons. The molecule has 3 rings (SSSR count). The van der Waals surface area contributed by atoms with Gasteiger partial charge in [-0.05, 0) is 44.1 Å². The Labute approximate surface area is 133 Å². The Balaban J connectivity index is 1.71. The van der Waals surface area contributed by atoms with E-state index in [1.54, 1.807) is 0 Å². The molecule has 3 heterocycles. The first-order valence-electron chi connectivity index (χ1n) is 8.29. The Kier molecular flexibility index (Phi) is 4.79. The summed E-state index contributed by atoms with van der Waals surface area (Å²) in [5.41, 5.74) is 1.15. The summed E-state index contributed by atoms with van der Waals surface area (Å²) in [6.07, 6.45) is 8.50. The number of pyridine rings is 1. The van der Waals surface area contributed by atoms with Crippen LogP contribution in [0.15, 0.2) is 31.0 Å². The van der Waals surface area contributed by atoms with Gasteiger partial charge in [0.15, 0.2) is 0 Å². The van der Waals surface area contributed by atoms with Crippen molar-refractivity contribution in [1.29, 1.82) is 0 Å². The largest absolute Gasteiger partial charge is 0.385 e. The quantitative estimate of drug-likeness (QED) is 0.780. The Morgan fingerprint density at radius 3 is 2.95 bits per heavy atom. The number of nitrogens with zero attached hydrogens (tertiary/aromatic N) is 2. The normalized spacial score (nSPS) is 31.7. The highest BCUT2D eigenvalue weighted by Crippen LogP contribution is 2.38. The highest BCUT2D eigenvalue weighted by molar-refractivity contribution is 5.16. The molecular formula is C18H26N2O2. The van der Waals surface area contributed by atoms with Crippen molar-refractivity contribution in [3.05, 3.63) is 36.5 Å². The summed E-state index contributed by atoms with van der Waals surface area (Å²) in [5.74, 6) is 1.32. The van der Waals surface area contributed by atoms with Crippen LogP contribution in [0.4, 0.5) is 0 Å². The average Bonchev–Trinajstić information content (AvgIpc) is 2.52. The fourth-order valence-corrected chi connectivity index (χ4v) is 3.62. The van der Waals surface area contributed by atoms with Crippen LogP contribution in [0.3, 0.4) is 0 Å². The van der Waals surface area contributed by atoms with Gasteiger partial charge in [-0.3, -0.25) is 0 Å². The van der Waals surface area contributed by atoms with E-state index in [-0.39, 0.29) is 0 Å². The van der Waals surface area contributed by atoms with E-state index < -0.39 is 0 Å². The van der Waals surface area contributed by atoms with Crippen LogP contribution in [0.2, 0.25) is 0 Å². The number of hydrogen-bond donors (Lipinski definition) is 0. The summed E-state index contributed by atoms with van der Waals surface area (Å²) in [4.78, 5) is 10.5. The van der Waals surface area contributed by atoms with Gasteiger partial charge in [-0.25, -0.2) is 4.98 Å². The third-order valence-corrected chi connectivity index (χ3v) is 4.87. The molecule has 2 unspecified atom stereocenters. The molecule has 2 bridgehead atoms. The number of ether oxygens (including phenoxy) is 1. The molecule has 2 aliphatic heterocycles. The van der Waals surface area contributed by atoms with Crippen molar-refractivity contribution in [2.45, 2.75) is 57.7 Å². The van der Waals surface area contributed by atoms with Gasteiger partial charge in [0.05, 0.1) is 18.8 Å². The van der Waals surface area contributed by atoms with Crippen molar-refractivity contribution in [1.82, 2.24) is 10.0 Å². The molecule has 2 fully saturated rings. The van der Waals surface area contributed by atoms with E-state index in [4.69, 9.17) is 9.57 Å². The molecule has 2 aliphatic rings. The molecule has 0 N–H and O–H groups in total. The van der Waals surface area contributed by atoms with Crippen molar-refractivity contribution in [3.8, 4) is 5.88 Å². The Morgan fingerprint density at radius 2 is 2.23 bits per heavy atom. The molecule has 0 spiro atoms. The molecule has 120 valence electrons. The van der Waals surface area contributed by atoms with E-state index in [0.29, 0.717) is 36.6 Å². The van der Waals surface area contributed by atoms with Gasteiger partial charge in [-0.2, -0.15) is 0 Å². The topological polar surface area (TPSA) is 34.6 Å². The highest BCUT2D eigenvalue weighted by Gasteiger charge is 2.43. The van der Waals surface area contributed by atoms with E-state index in [0.717, 1.165) is 24.8 Å². The lowest BCUT2D eigenvalue weighted by molar-refractivity contribution is -0.206. The van der Waals surface area contributed by atoms with Gasteiger partial charge < -0.3 is 9.57 Å². The molecule has 4 heteroatoms. The molecule has 0 saturated carbocycles. The van der Waals surface area contributed by atoms with Crippen molar-refractivity contribution in [2.75, 3.05) is 6.61 Å². The first kappa shape index (κ1) is 15.5. The molecule has 1 aromatic heterocycles. The fourth-order valence-electron chi connectivity index (χ4n) is 3.62. The van der Waals surface area contributed by atoms with E-state index in [1.807, 2.05) is 31.3 Å². The molecule has 0 aliphatic carbocycles. The molecule has 22 heavy (non-hydrogen) atoms. The van der Waals surface area contributed by atoms with Gasteiger partial charge in [-0.15, -0.1) is 11.6 Å². The van der Waals surface area contributed by atoms with Gasteiger partial charge >= 0.3 is 0 Å². The average molecular weight is 302 g/mol. The molecule has 4 atom stereocenters. The van der Waals surface area contributed by atoms with Gasteiger partial charge in [0.25, 0.3) is 0 Å². The van der Waals surface area contributed by atoms with Crippen LogP contribution < -0.4 is 4.84 Å². The van der Waals surface area contributed by atoms with Crippen molar-refractivity contribution >= 4 is 0 Å². The molecular weight excluding hydrogens is 276 g/mol. The zero-order valence-electron chi connectivity index (χ0n) is 13.6. The number of aromatic nitrogens is 1. The standard InChI is InChI=1S/C18H26N2O2/c1-4-9-21-16-10-15-7-6-14(3)17(11-16)20(15)22-18-8-5-13(2)12-19-18/h4-5,8,12,14-17H,1,6-7,9-11H2,2-3H3/t14?,15-,16+,17?/m1/s1. The number of rotatable bonds is 5. The van der Waals surface area contributed by atoms with Crippen LogP contribution in [0.5, 0.6) is 5.88 Å². The highest BCUT2D eigenvalue weighted by atomic mass is 16.7. The SMILES string of the molecule is C=CCO[C@@H]1CC2C(C)CC[C@H](C1)N2Oc1ccc(C)cn1. The first-order valence-corrected chi connectivity index (χ1v) is 8.29. The van der Waals surface area contributed by atoms with Crippen LogP contribution in [-0.4, -0.2) is 34.8 Å². The lowest BCUT2D eigenvalue weighted by atomic mass is 9.78. The maximum Gasteiger partial charge on any atom is 0.238 e. The van der Waals surface area contributed by atoms with Gasteiger partial charge in [-0.1, -0.05) is 19.1 Å². The van der Waals surface area contributed by atoms with Crippen molar-refractivity contribution in [3.63, 3.8) is 0 Å². The third-order valence-electron chi connectivity index (χ3n) is 4.87. The van der Waals surface area contributed by atoms with E-state index in [1.165, 1.54) is 6.42 Å². The summed E-state index contributed by atoms with van der Waals surface area (Å²) < 4.78 is 5.92. The van der Waals surface area contributed by atoms with Crippen molar-refractivity contribution < 1.29 is 9.57 Å². The number of fused-ring (bicyclic) bond motifs is 2. The van der Waals surface area contributed by atoms with Crippen LogP contribution >= 0.6 is 0 Å². The third kappa shape index (κ3) is 3.33. The maximum atomic E-state index is 6.15. The number of hydroxylamine groups is 2. The second kappa shape index (κ2) is 6.80. The second-order valence-electron chi connectivity index (χ2n) is 6.62. The second-order valence-corrected chi connectivity index (χ2v) is 6.62. The number of hydrogen-bond acceptors (Lipinski definition) is 4. The molecule has 0 aromatic carbocycles.